The largest absolute Gasteiger partial charge is 0.481 e. The van der Waals surface area contributed by atoms with Gasteiger partial charge in [0.05, 0.1) is 6.42 Å². The van der Waals surface area contributed by atoms with Crippen LogP contribution in [-0.2, 0) is 11.2 Å². The number of carboxylic acids is 1. The first kappa shape index (κ1) is 11.6. The van der Waals surface area contributed by atoms with Crippen molar-refractivity contribution in [2.24, 2.45) is 0 Å². The Labute approximate surface area is 104 Å². The molecule has 0 aliphatic carbocycles. The van der Waals surface area contributed by atoms with Crippen molar-refractivity contribution in [1.29, 1.82) is 0 Å². The average Bonchev–Trinajstić information content (AvgIpc) is 2.80. The molecule has 0 aliphatic rings. The number of thiophene rings is 1. The van der Waals surface area contributed by atoms with Crippen molar-refractivity contribution in [2.75, 3.05) is 0 Å². The summed E-state index contributed by atoms with van der Waals surface area (Å²) in [6, 6.07) is 11.6. The summed E-state index contributed by atoms with van der Waals surface area (Å²) < 4.78 is 0. The number of carbonyl (C=O) groups is 1. The fourth-order valence-electron chi connectivity index (χ4n) is 1.49. The van der Waals surface area contributed by atoms with Gasteiger partial charge in [-0.3, -0.25) is 4.79 Å². The number of hydrogen-bond acceptors (Lipinski definition) is 2. The molecular formula is C14H12O2S. The highest BCUT2D eigenvalue weighted by Crippen LogP contribution is 2.14. The van der Waals surface area contributed by atoms with Crippen LogP contribution in [0.15, 0.2) is 41.8 Å². The first-order valence-electron chi connectivity index (χ1n) is 5.26. The minimum atomic E-state index is -0.799. The van der Waals surface area contributed by atoms with Crippen molar-refractivity contribution in [3.63, 3.8) is 0 Å². The van der Waals surface area contributed by atoms with E-state index in [1.807, 2.05) is 41.8 Å². The van der Waals surface area contributed by atoms with Gasteiger partial charge in [-0.2, -0.15) is 0 Å². The van der Waals surface area contributed by atoms with E-state index < -0.39 is 5.97 Å². The van der Waals surface area contributed by atoms with Crippen LogP contribution >= 0.6 is 11.3 Å². The van der Waals surface area contributed by atoms with Gasteiger partial charge < -0.3 is 5.11 Å². The first-order valence-corrected chi connectivity index (χ1v) is 6.14. The van der Waals surface area contributed by atoms with Gasteiger partial charge in [0, 0.05) is 4.88 Å². The van der Waals surface area contributed by atoms with Gasteiger partial charge >= 0.3 is 5.97 Å². The minimum Gasteiger partial charge on any atom is -0.481 e. The zero-order valence-corrected chi connectivity index (χ0v) is 9.98. The summed E-state index contributed by atoms with van der Waals surface area (Å²) >= 11 is 1.69. The van der Waals surface area contributed by atoms with Crippen LogP contribution in [-0.4, -0.2) is 11.1 Å². The smallest absolute Gasteiger partial charge is 0.307 e. The van der Waals surface area contributed by atoms with E-state index >= 15 is 0 Å². The molecule has 1 N–H and O–H groups in total. The molecule has 2 rings (SSSR count). The standard InChI is InChI=1S/C14H12O2S/c15-14(16)10-12-5-3-11(4-6-12)7-8-13-2-1-9-17-13/h1-9H,10H2,(H,15,16)/b8-7+. The molecule has 0 saturated carbocycles. The van der Waals surface area contributed by atoms with Crippen LogP contribution in [0.4, 0.5) is 0 Å². The molecule has 2 nitrogen and oxygen atoms in total. The van der Waals surface area contributed by atoms with Gasteiger partial charge in [-0.25, -0.2) is 0 Å². The highest BCUT2D eigenvalue weighted by atomic mass is 32.1. The average molecular weight is 244 g/mol. The summed E-state index contributed by atoms with van der Waals surface area (Å²) in [6.45, 7) is 0. The Balaban J connectivity index is 2.05. The lowest BCUT2D eigenvalue weighted by atomic mass is 10.1. The molecule has 17 heavy (non-hydrogen) atoms. The van der Waals surface area contributed by atoms with Crippen molar-refractivity contribution in [1.82, 2.24) is 0 Å². The fourth-order valence-corrected chi connectivity index (χ4v) is 2.10. The van der Waals surface area contributed by atoms with Crippen molar-refractivity contribution in [3.8, 4) is 0 Å². The van der Waals surface area contributed by atoms with E-state index in [9.17, 15) is 4.79 Å². The van der Waals surface area contributed by atoms with Crippen LogP contribution in [0.2, 0.25) is 0 Å². The molecule has 2 aromatic rings. The number of hydrogen-bond donors (Lipinski definition) is 1. The lowest BCUT2D eigenvalue weighted by Crippen LogP contribution is -1.99. The molecule has 1 aromatic heterocycles. The SMILES string of the molecule is O=C(O)Cc1ccc(/C=C/c2cccs2)cc1. The molecule has 0 radical (unpaired) electrons. The van der Waals surface area contributed by atoms with Gasteiger partial charge in [0.2, 0.25) is 0 Å². The molecule has 3 heteroatoms. The zero-order valence-electron chi connectivity index (χ0n) is 9.17. The van der Waals surface area contributed by atoms with Gasteiger partial charge in [0.15, 0.2) is 0 Å². The lowest BCUT2D eigenvalue weighted by Gasteiger charge is -1.97. The van der Waals surface area contributed by atoms with Gasteiger partial charge in [-0.05, 0) is 28.6 Å². The van der Waals surface area contributed by atoms with Crippen LogP contribution in [0.3, 0.4) is 0 Å². The number of aliphatic carboxylic acids is 1. The van der Waals surface area contributed by atoms with Crippen LogP contribution in [0.25, 0.3) is 12.2 Å². The topological polar surface area (TPSA) is 37.3 Å². The predicted octanol–water partition coefficient (Wildman–Crippen LogP) is 3.55. The fraction of sp³-hybridized carbons (Fsp3) is 0.0714. The highest BCUT2D eigenvalue weighted by molar-refractivity contribution is 7.10. The van der Waals surface area contributed by atoms with Gasteiger partial charge in [-0.1, -0.05) is 36.4 Å². The monoisotopic (exact) mass is 244 g/mol. The predicted molar refractivity (Wildman–Crippen MR) is 71.0 cm³/mol. The Morgan fingerprint density at radius 1 is 1.18 bits per heavy atom. The highest BCUT2D eigenvalue weighted by Gasteiger charge is 1.98. The number of rotatable bonds is 4. The first-order chi connectivity index (χ1) is 8.24. The Morgan fingerprint density at radius 2 is 1.94 bits per heavy atom. The molecule has 0 unspecified atom stereocenters. The van der Waals surface area contributed by atoms with Crippen LogP contribution in [0.1, 0.15) is 16.0 Å². The van der Waals surface area contributed by atoms with Crippen LogP contribution in [0.5, 0.6) is 0 Å². The van der Waals surface area contributed by atoms with Crippen molar-refractivity contribution >= 4 is 29.5 Å². The summed E-state index contributed by atoms with van der Waals surface area (Å²) in [4.78, 5) is 11.7. The number of benzene rings is 1. The summed E-state index contributed by atoms with van der Waals surface area (Å²) in [6.07, 6.45) is 4.15. The second-order valence-electron chi connectivity index (χ2n) is 3.66. The third kappa shape index (κ3) is 3.57. The minimum absolute atomic E-state index is 0.0783. The molecule has 0 aliphatic heterocycles. The van der Waals surface area contributed by atoms with Gasteiger partial charge in [0.1, 0.15) is 0 Å². The third-order valence-corrected chi connectivity index (χ3v) is 3.16. The van der Waals surface area contributed by atoms with Crippen LogP contribution < -0.4 is 0 Å². The molecule has 0 saturated heterocycles. The van der Waals surface area contributed by atoms with Crippen molar-refractivity contribution in [2.45, 2.75) is 6.42 Å². The number of carboxylic acid groups (broad SMARTS) is 1. The molecule has 0 atom stereocenters. The maximum absolute atomic E-state index is 10.5. The summed E-state index contributed by atoms with van der Waals surface area (Å²) in [5.74, 6) is -0.799. The molecule has 1 heterocycles. The van der Waals surface area contributed by atoms with E-state index in [1.54, 1.807) is 11.3 Å². The normalized spacial score (nSPS) is 10.8. The van der Waals surface area contributed by atoms with Crippen molar-refractivity contribution in [3.05, 3.63) is 57.8 Å². The summed E-state index contributed by atoms with van der Waals surface area (Å²) in [5.41, 5.74) is 1.90. The Morgan fingerprint density at radius 3 is 2.53 bits per heavy atom. The van der Waals surface area contributed by atoms with E-state index in [4.69, 9.17) is 5.11 Å². The maximum atomic E-state index is 10.5. The third-order valence-electron chi connectivity index (χ3n) is 2.32. The van der Waals surface area contributed by atoms with Crippen molar-refractivity contribution < 1.29 is 9.90 Å². The van der Waals surface area contributed by atoms with Gasteiger partial charge in [0.25, 0.3) is 0 Å². The molecule has 0 spiro atoms. The Bertz CT molecular complexity index is 510. The van der Waals surface area contributed by atoms with Gasteiger partial charge in [-0.15, -0.1) is 11.3 Å². The van der Waals surface area contributed by atoms with E-state index in [2.05, 4.69) is 12.1 Å². The second kappa shape index (κ2) is 5.46. The molecule has 0 bridgehead atoms. The Kier molecular flexibility index (Phi) is 3.73. The molecule has 1 aromatic carbocycles. The molecule has 0 amide bonds. The lowest BCUT2D eigenvalue weighted by molar-refractivity contribution is -0.136. The summed E-state index contributed by atoms with van der Waals surface area (Å²) in [5, 5.41) is 10.7. The van der Waals surface area contributed by atoms with E-state index in [-0.39, 0.29) is 6.42 Å². The van der Waals surface area contributed by atoms with Crippen LogP contribution in [0, 0.1) is 0 Å². The maximum Gasteiger partial charge on any atom is 0.307 e. The quantitative estimate of drug-likeness (QED) is 0.893. The van der Waals surface area contributed by atoms with E-state index in [0.717, 1.165) is 11.1 Å². The molecule has 86 valence electrons. The molecular weight excluding hydrogens is 232 g/mol. The summed E-state index contributed by atoms with van der Waals surface area (Å²) in [7, 11) is 0. The second-order valence-corrected chi connectivity index (χ2v) is 4.64. The van der Waals surface area contributed by atoms with E-state index in [1.165, 1.54) is 4.88 Å². The van der Waals surface area contributed by atoms with E-state index in [0.29, 0.717) is 0 Å². The zero-order chi connectivity index (χ0) is 12.1. The molecule has 0 fully saturated rings. The Hall–Kier alpha value is -1.87.